The molecule has 28 heavy (non-hydrogen) atoms. The average Bonchev–Trinajstić information content (AvgIpc) is 3.08. The van der Waals surface area contributed by atoms with E-state index in [-0.39, 0.29) is 5.75 Å². The molecule has 2 aromatic rings. The molecular formula is C19H17ClN2O5S. The van der Waals surface area contributed by atoms with E-state index >= 15 is 0 Å². The molecule has 0 spiro atoms. The zero-order valence-corrected chi connectivity index (χ0v) is 16.2. The summed E-state index contributed by atoms with van der Waals surface area (Å²) in [5, 5.41) is 3.22. The molecule has 2 amide bonds. The average molecular weight is 421 g/mol. The number of amides is 2. The third-order valence-electron chi connectivity index (χ3n) is 3.84. The molecule has 1 aliphatic heterocycles. The van der Waals surface area contributed by atoms with E-state index in [4.69, 9.17) is 26.8 Å². The predicted molar refractivity (Wildman–Crippen MR) is 106 cm³/mol. The molecular weight excluding hydrogens is 404 g/mol. The van der Waals surface area contributed by atoms with Crippen LogP contribution in [-0.4, -0.2) is 36.2 Å². The number of fused-ring (bicyclic) bond motifs is 1. The van der Waals surface area contributed by atoms with Gasteiger partial charge in [-0.2, -0.15) is 0 Å². The molecule has 146 valence electrons. The van der Waals surface area contributed by atoms with E-state index in [1.807, 2.05) is 0 Å². The number of hydrogen-bond donors (Lipinski definition) is 2. The highest BCUT2D eigenvalue weighted by molar-refractivity contribution is 8.00. The number of para-hydroxylation sites is 1. The van der Waals surface area contributed by atoms with Gasteiger partial charge in [-0.25, -0.2) is 4.79 Å². The first-order valence-corrected chi connectivity index (χ1v) is 9.70. The molecule has 3 N–H and O–H groups in total. The third kappa shape index (κ3) is 5.17. The van der Waals surface area contributed by atoms with Gasteiger partial charge in [-0.15, -0.1) is 11.8 Å². The van der Waals surface area contributed by atoms with E-state index in [0.717, 1.165) is 5.56 Å². The molecule has 9 heteroatoms. The molecule has 1 unspecified atom stereocenters. The molecule has 0 radical (unpaired) electrons. The van der Waals surface area contributed by atoms with E-state index in [9.17, 15) is 14.4 Å². The van der Waals surface area contributed by atoms with Crippen molar-refractivity contribution in [3.8, 4) is 5.75 Å². The molecule has 0 aliphatic carbocycles. The topological polar surface area (TPSA) is 108 Å². The summed E-state index contributed by atoms with van der Waals surface area (Å²) in [7, 11) is 0. The van der Waals surface area contributed by atoms with E-state index < -0.39 is 30.5 Å². The first-order valence-electron chi connectivity index (χ1n) is 8.34. The third-order valence-corrected chi connectivity index (χ3v) is 5.17. The normalized spacial score (nSPS) is 14.7. The molecule has 0 saturated heterocycles. The number of carbonyl (C=O) groups excluding carboxylic acids is 3. The van der Waals surface area contributed by atoms with Crippen molar-refractivity contribution < 1.29 is 23.9 Å². The van der Waals surface area contributed by atoms with Gasteiger partial charge in [-0.3, -0.25) is 9.59 Å². The van der Waals surface area contributed by atoms with Gasteiger partial charge in [-0.1, -0.05) is 23.7 Å². The van der Waals surface area contributed by atoms with Gasteiger partial charge in [0.15, 0.2) is 12.7 Å². The summed E-state index contributed by atoms with van der Waals surface area (Å²) in [5.74, 6) is -0.918. The van der Waals surface area contributed by atoms with Crippen LogP contribution in [0.3, 0.4) is 0 Å². The van der Waals surface area contributed by atoms with Crippen LogP contribution < -0.4 is 15.8 Å². The van der Waals surface area contributed by atoms with E-state index in [1.54, 1.807) is 42.5 Å². The Morgan fingerprint density at radius 3 is 2.82 bits per heavy atom. The largest absolute Gasteiger partial charge is 0.478 e. The van der Waals surface area contributed by atoms with Crippen molar-refractivity contribution in [2.45, 2.75) is 17.4 Å². The lowest BCUT2D eigenvalue weighted by Crippen LogP contribution is -2.30. The van der Waals surface area contributed by atoms with E-state index in [0.29, 0.717) is 27.8 Å². The SMILES string of the molecule is NC(=O)CSc1ccccc1NC(=O)COC(=O)C1Cc2cc(Cl)ccc2O1. The lowest BCUT2D eigenvalue weighted by atomic mass is 10.1. The fraction of sp³-hybridized carbons (Fsp3) is 0.211. The number of rotatable bonds is 7. The molecule has 1 aliphatic rings. The monoisotopic (exact) mass is 420 g/mol. The Kier molecular flexibility index (Phi) is 6.43. The number of ether oxygens (including phenoxy) is 2. The van der Waals surface area contributed by atoms with Crippen LogP contribution >= 0.6 is 23.4 Å². The molecule has 1 atom stereocenters. The summed E-state index contributed by atoms with van der Waals surface area (Å²) in [6.07, 6.45) is -0.470. The van der Waals surface area contributed by atoms with Crippen molar-refractivity contribution in [3.05, 3.63) is 53.1 Å². The van der Waals surface area contributed by atoms with Crippen molar-refractivity contribution >= 4 is 46.8 Å². The second-order valence-electron chi connectivity index (χ2n) is 5.97. The standard InChI is InChI=1S/C19H17ClN2O5S/c20-12-5-6-14-11(7-12)8-15(27-14)19(25)26-9-18(24)22-13-3-1-2-4-16(13)28-10-17(21)23/h1-7,15H,8-10H2,(H2,21,23)(H,22,24). The van der Waals surface area contributed by atoms with Crippen LogP contribution in [0.15, 0.2) is 47.4 Å². The van der Waals surface area contributed by atoms with Gasteiger partial charge in [0, 0.05) is 16.3 Å². The summed E-state index contributed by atoms with van der Waals surface area (Å²) >= 11 is 7.14. The lowest BCUT2D eigenvalue weighted by molar-refractivity contribution is -0.153. The number of thioether (sulfide) groups is 1. The van der Waals surface area contributed by atoms with Crippen molar-refractivity contribution in [3.63, 3.8) is 0 Å². The molecule has 0 fully saturated rings. The summed E-state index contributed by atoms with van der Waals surface area (Å²) < 4.78 is 10.6. The number of anilines is 1. The van der Waals surface area contributed by atoms with Crippen LogP contribution in [0.1, 0.15) is 5.56 Å². The number of esters is 1. The van der Waals surface area contributed by atoms with Crippen LogP contribution in [0.4, 0.5) is 5.69 Å². The van der Waals surface area contributed by atoms with Crippen molar-refractivity contribution in [2.24, 2.45) is 5.73 Å². The molecule has 3 rings (SSSR count). The minimum absolute atomic E-state index is 0.0888. The quantitative estimate of drug-likeness (QED) is 0.526. The van der Waals surface area contributed by atoms with Crippen LogP contribution in [0.5, 0.6) is 5.75 Å². The number of halogens is 1. The number of nitrogens with two attached hydrogens (primary N) is 1. The first kappa shape index (κ1) is 20.0. The highest BCUT2D eigenvalue weighted by Crippen LogP contribution is 2.31. The van der Waals surface area contributed by atoms with Gasteiger partial charge in [0.1, 0.15) is 5.75 Å². The molecule has 1 heterocycles. The minimum atomic E-state index is -0.806. The Morgan fingerprint density at radius 1 is 1.25 bits per heavy atom. The minimum Gasteiger partial charge on any atom is -0.478 e. The van der Waals surface area contributed by atoms with Crippen LogP contribution in [0.25, 0.3) is 0 Å². The predicted octanol–water partition coefficient (Wildman–Crippen LogP) is 2.40. The van der Waals surface area contributed by atoms with Gasteiger partial charge in [0.05, 0.1) is 11.4 Å². The summed E-state index contributed by atoms with van der Waals surface area (Å²) in [6, 6.07) is 12.1. The Bertz CT molecular complexity index is 921. The summed E-state index contributed by atoms with van der Waals surface area (Å²) in [4.78, 5) is 36.0. The Hall–Kier alpha value is -2.71. The molecule has 0 bridgehead atoms. The number of hydrogen-bond acceptors (Lipinski definition) is 6. The summed E-state index contributed by atoms with van der Waals surface area (Å²) in [5.41, 5.74) is 6.48. The molecule has 2 aromatic carbocycles. The molecule has 0 saturated carbocycles. The number of primary amides is 1. The van der Waals surface area contributed by atoms with Crippen molar-refractivity contribution in [2.75, 3.05) is 17.7 Å². The zero-order chi connectivity index (χ0) is 20.1. The highest BCUT2D eigenvalue weighted by atomic mass is 35.5. The van der Waals surface area contributed by atoms with Crippen LogP contribution in [0.2, 0.25) is 5.02 Å². The van der Waals surface area contributed by atoms with Gasteiger partial charge in [0.25, 0.3) is 5.91 Å². The van der Waals surface area contributed by atoms with Crippen LogP contribution in [0, 0.1) is 0 Å². The van der Waals surface area contributed by atoms with E-state index in [1.165, 1.54) is 11.8 Å². The zero-order valence-electron chi connectivity index (χ0n) is 14.6. The fourth-order valence-corrected chi connectivity index (χ4v) is 3.55. The second-order valence-corrected chi connectivity index (χ2v) is 7.42. The number of carbonyl (C=O) groups is 3. The van der Waals surface area contributed by atoms with Gasteiger partial charge < -0.3 is 20.5 Å². The Morgan fingerprint density at radius 2 is 2.04 bits per heavy atom. The van der Waals surface area contributed by atoms with E-state index in [2.05, 4.69) is 5.32 Å². The molecule has 0 aromatic heterocycles. The van der Waals surface area contributed by atoms with Gasteiger partial charge in [-0.05, 0) is 35.9 Å². The number of benzene rings is 2. The maximum Gasteiger partial charge on any atom is 0.348 e. The Balaban J connectivity index is 1.51. The van der Waals surface area contributed by atoms with Crippen molar-refractivity contribution in [1.82, 2.24) is 0 Å². The lowest BCUT2D eigenvalue weighted by Gasteiger charge is -2.12. The summed E-state index contributed by atoms with van der Waals surface area (Å²) in [6.45, 7) is -0.454. The second kappa shape index (κ2) is 8.99. The maximum absolute atomic E-state index is 12.2. The highest BCUT2D eigenvalue weighted by Gasteiger charge is 2.31. The smallest absolute Gasteiger partial charge is 0.348 e. The maximum atomic E-state index is 12.2. The number of nitrogens with one attached hydrogen (secondary N) is 1. The molecule has 7 nitrogen and oxygen atoms in total. The van der Waals surface area contributed by atoms with Crippen LogP contribution in [-0.2, 0) is 25.5 Å². The first-order chi connectivity index (χ1) is 13.4. The van der Waals surface area contributed by atoms with Gasteiger partial charge >= 0.3 is 5.97 Å². The fourth-order valence-electron chi connectivity index (χ4n) is 2.61. The van der Waals surface area contributed by atoms with Crippen molar-refractivity contribution in [1.29, 1.82) is 0 Å². The van der Waals surface area contributed by atoms with Gasteiger partial charge in [0.2, 0.25) is 5.91 Å². The Labute approximate surface area is 170 Å².